The standard InChI is InChI=1S/C17H18N2O2/c1-13-6-7-17(20-2)16(10-13)19-12-14-4-3-5-15(11-14)21-9-8-18/h3-7,10-11,19H,9,12H2,1-2H3. The van der Waals surface area contributed by atoms with Crippen LogP contribution in [0.3, 0.4) is 0 Å². The number of rotatable bonds is 6. The summed E-state index contributed by atoms with van der Waals surface area (Å²) in [6.07, 6.45) is 0. The number of nitriles is 1. The summed E-state index contributed by atoms with van der Waals surface area (Å²) in [6, 6.07) is 15.7. The first kappa shape index (κ1) is 14.7. The Kier molecular flexibility index (Phi) is 5.05. The summed E-state index contributed by atoms with van der Waals surface area (Å²) in [5.41, 5.74) is 3.21. The van der Waals surface area contributed by atoms with Crippen LogP contribution in [0.15, 0.2) is 42.5 Å². The van der Waals surface area contributed by atoms with Crippen molar-refractivity contribution < 1.29 is 9.47 Å². The minimum absolute atomic E-state index is 0.0581. The van der Waals surface area contributed by atoms with Gasteiger partial charge in [-0.05, 0) is 42.3 Å². The van der Waals surface area contributed by atoms with E-state index < -0.39 is 0 Å². The van der Waals surface area contributed by atoms with E-state index in [9.17, 15) is 0 Å². The van der Waals surface area contributed by atoms with Crippen molar-refractivity contribution >= 4 is 5.69 Å². The minimum Gasteiger partial charge on any atom is -0.495 e. The molecule has 0 unspecified atom stereocenters. The molecule has 0 saturated heterocycles. The molecule has 0 saturated carbocycles. The summed E-state index contributed by atoms with van der Waals surface area (Å²) in [4.78, 5) is 0. The van der Waals surface area contributed by atoms with Gasteiger partial charge >= 0.3 is 0 Å². The largest absolute Gasteiger partial charge is 0.495 e. The molecule has 4 nitrogen and oxygen atoms in total. The first-order valence-corrected chi connectivity index (χ1v) is 6.70. The fourth-order valence-corrected chi connectivity index (χ4v) is 2.02. The molecule has 0 amide bonds. The van der Waals surface area contributed by atoms with Crippen LogP contribution in [-0.4, -0.2) is 13.7 Å². The Morgan fingerprint density at radius 1 is 1.19 bits per heavy atom. The number of hydrogen-bond donors (Lipinski definition) is 1. The van der Waals surface area contributed by atoms with Crippen molar-refractivity contribution in [1.82, 2.24) is 0 Å². The molecular formula is C17H18N2O2. The molecule has 0 fully saturated rings. The van der Waals surface area contributed by atoms with Crippen LogP contribution in [0.5, 0.6) is 11.5 Å². The predicted octanol–water partition coefficient (Wildman–Crippen LogP) is 3.52. The van der Waals surface area contributed by atoms with Gasteiger partial charge < -0.3 is 14.8 Å². The lowest BCUT2D eigenvalue weighted by molar-refractivity contribution is 0.368. The molecule has 0 spiro atoms. The van der Waals surface area contributed by atoms with Crippen LogP contribution in [-0.2, 0) is 6.54 Å². The maximum Gasteiger partial charge on any atom is 0.174 e. The van der Waals surface area contributed by atoms with E-state index in [-0.39, 0.29) is 6.61 Å². The summed E-state index contributed by atoms with van der Waals surface area (Å²) >= 11 is 0. The van der Waals surface area contributed by atoms with Gasteiger partial charge in [-0.3, -0.25) is 0 Å². The lowest BCUT2D eigenvalue weighted by Gasteiger charge is -2.12. The van der Waals surface area contributed by atoms with E-state index in [1.54, 1.807) is 7.11 Å². The van der Waals surface area contributed by atoms with Crippen molar-refractivity contribution in [3.63, 3.8) is 0 Å². The number of hydrogen-bond acceptors (Lipinski definition) is 4. The summed E-state index contributed by atoms with van der Waals surface area (Å²) < 4.78 is 10.6. The van der Waals surface area contributed by atoms with Crippen LogP contribution < -0.4 is 14.8 Å². The van der Waals surface area contributed by atoms with Crippen molar-refractivity contribution in [1.29, 1.82) is 5.26 Å². The Bertz CT molecular complexity index is 647. The molecule has 2 rings (SSSR count). The number of nitrogens with zero attached hydrogens (tertiary/aromatic N) is 1. The second-order valence-electron chi connectivity index (χ2n) is 4.65. The Hall–Kier alpha value is -2.67. The fraction of sp³-hybridized carbons (Fsp3) is 0.235. The molecule has 1 N–H and O–H groups in total. The molecule has 21 heavy (non-hydrogen) atoms. The monoisotopic (exact) mass is 282 g/mol. The molecule has 108 valence electrons. The van der Waals surface area contributed by atoms with E-state index in [4.69, 9.17) is 14.7 Å². The Balaban J connectivity index is 2.06. The zero-order chi connectivity index (χ0) is 15.1. The molecule has 0 atom stereocenters. The van der Waals surface area contributed by atoms with Crippen molar-refractivity contribution in [2.45, 2.75) is 13.5 Å². The number of anilines is 1. The topological polar surface area (TPSA) is 54.3 Å². The van der Waals surface area contributed by atoms with E-state index in [0.717, 1.165) is 17.0 Å². The van der Waals surface area contributed by atoms with E-state index in [1.807, 2.05) is 49.4 Å². The summed E-state index contributed by atoms with van der Waals surface area (Å²) in [5, 5.41) is 11.9. The Labute approximate surface area is 124 Å². The van der Waals surface area contributed by atoms with Gasteiger partial charge in [-0.2, -0.15) is 5.26 Å². The maximum absolute atomic E-state index is 8.53. The molecule has 0 aromatic heterocycles. The highest BCUT2D eigenvalue weighted by atomic mass is 16.5. The second kappa shape index (κ2) is 7.20. The highest BCUT2D eigenvalue weighted by Crippen LogP contribution is 2.26. The van der Waals surface area contributed by atoms with Gasteiger partial charge in [-0.1, -0.05) is 18.2 Å². The van der Waals surface area contributed by atoms with E-state index in [0.29, 0.717) is 12.3 Å². The molecule has 4 heteroatoms. The maximum atomic E-state index is 8.53. The molecular weight excluding hydrogens is 264 g/mol. The number of nitrogens with one attached hydrogen (secondary N) is 1. The lowest BCUT2D eigenvalue weighted by Crippen LogP contribution is -2.02. The van der Waals surface area contributed by atoms with Gasteiger partial charge in [0.15, 0.2) is 6.61 Å². The van der Waals surface area contributed by atoms with Crippen molar-refractivity contribution in [3.8, 4) is 17.6 Å². The third kappa shape index (κ3) is 4.15. The fourth-order valence-electron chi connectivity index (χ4n) is 2.02. The van der Waals surface area contributed by atoms with E-state index in [1.165, 1.54) is 5.56 Å². The van der Waals surface area contributed by atoms with Gasteiger partial charge in [0.25, 0.3) is 0 Å². The lowest BCUT2D eigenvalue weighted by atomic mass is 10.2. The number of ether oxygens (including phenoxy) is 2. The predicted molar refractivity (Wildman–Crippen MR) is 82.6 cm³/mol. The molecule has 0 bridgehead atoms. The van der Waals surface area contributed by atoms with Crippen LogP contribution in [0.4, 0.5) is 5.69 Å². The molecule has 0 heterocycles. The molecule has 0 aliphatic rings. The van der Waals surface area contributed by atoms with Crippen LogP contribution >= 0.6 is 0 Å². The van der Waals surface area contributed by atoms with E-state index in [2.05, 4.69) is 11.4 Å². The normalized spacial score (nSPS) is 9.76. The number of aryl methyl sites for hydroxylation is 1. The molecule has 0 aliphatic carbocycles. The van der Waals surface area contributed by atoms with Gasteiger partial charge in [0.2, 0.25) is 0 Å². The number of methoxy groups -OCH3 is 1. The van der Waals surface area contributed by atoms with Crippen molar-refractivity contribution in [2.24, 2.45) is 0 Å². The van der Waals surface area contributed by atoms with Crippen LogP contribution in [0.2, 0.25) is 0 Å². The second-order valence-corrected chi connectivity index (χ2v) is 4.65. The zero-order valence-corrected chi connectivity index (χ0v) is 12.2. The average molecular weight is 282 g/mol. The highest BCUT2D eigenvalue weighted by Gasteiger charge is 2.03. The zero-order valence-electron chi connectivity index (χ0n) is 12.2. The highest BCUT2D eigenvalue weighted by molar-refractivity contribution is 5.58. The van der Waals surface area contributed by atoms with Crippen LogP contribution in [0, 0.1) is 18.3 Å². The van der Waals surface area contributed by atoms with Crippen LogP contribution in [0.1, 0.15) is 11.1 Å². The SMILES string of the molecule is COc1ccc(C)cc1NCc1cccc(OCC#N)c1. The van der Waals surface area contributed by atoms with Gasteiger partial charge in [-0.25, -0.2) is 0 Å². The Morgan fingerprint density at radius 2 is 2.05 bits per heavy atom. The summed E-state index contributed by atoms with van der Waals surface area (Å²) in [6.45, 7) is 2.76. The molecule has 2 aromatic carbocycles. The first-order chi connectivity index (χ1) is 10.2. The van der Waals surface area contributed by atoms with Gasteiger partial charge in [0.1, 0.15) is 17.6 Å². The first-order valence-electron chi connectivity index (χ1n) is 6.70. The molecule has 0 radical (unpaired) electrons. The third-order valence-electron chi connectivity index (χ3n) is 3.04. The Morgan fingerprint density at radius 3 is 2.81 bits per heavy atom. The van der Waals surface area contributed by atoms with Crippen molar-refractivity contribution in [2.75, 3.05) is 19.0 Å². The molecule has 2 aromatic rings. The smallest absolute Gasteiger partial charge is 0.174 e. The van der Waals surface area contributed by atoms with Crippen LogP contribution in [0.25, 0.3) is 0 Å². The van der Waals surface area contributed by atoms with Gasteiger partial charge in [-0.15, -0.1) is 0 Å². The minimum atomic E-state index is 0.0581. The summed E-state index contributed by atoms with van der Waals surface area (Å²) in [5.74, 6) is 1.52. The van der Waals surface area contributed by atoms with Gasteiger partial charge in [0.05, 0.1) is 12.8 Å². The number of benzene rings is 2. The summed E-state index contributed by atoms with van der Waals surface area (Å²) in [7, 11) is 1.66. The average Bonchev–Trinajstić information content (AvgIpc) is 2.51. The molecule has 0 aliphatic heterocycles. The van der Waals surface area contributed by atoms with E-state index >= 15 is 0 Å². The van der Waals surface area contributed by atoms with Gasteiger partial charge in [0, 0.05) is 6.54 Å². The quantitative estimate of drug-likeness (QED) is 0.880. The van der Waals surface area contributed by atoms with Crippen molar-refractivity contribution in [3.05, 3.63) is 53.6 Å². The third-order valence-corrected chi connectivity index (χ3v) is 3.04.